The van der Waals surface area contributed by atoms with Gasteiger partial charge in [-0.3, -0.25) is 0 Å². The minimum atomic E-state index is -0.0199. The van der Waals surface area contributed by atoms with Crippen LogP contribution in [0.5, 0.6) is 0 Å². The van der Waals surface area contributed by atoms with E-state index in [1.807, 2.05) is 0 Å². The molecule has 0 N–H and O–H groups in total. The number of hydrogen-bond acceptors (Lipinski definition) is 1. The van der Waals surface area contributed by atoms with E-state index in [9.17, 15) is 0 Å². The molecule has 1 aliphatic carbocycles. The Labute approximate surface area is 260 Å². The van der Waals surface area contributed by atoms with Gasteiger partial charge >= 0.3 is 0 Å². The highest BCUT2D eigenvalue weighted by Crippen LogP contribution is 2.50. The molecule has 45 heavy (non-hydrogen) atoms. The van der Waals surface area contributed by atoms with Gasteiger partial charge in [-0.05, 0) is 69.1 Å². The van der Waals surface area contributed by atoms with Crippen LogP contribution in [0.15, 0.2) is 144 Å². The third-order valence-electron chi connectivity index (χ3n) is 10.2. The number of nitrogens with zero attached hydrogens (tertiary/aromatic N) is 1. The van der Waals surface area contributed by atoms with Gasteiger partial charge < -0.3 is 8.98 Å². The minimum absolute atomic E-state index is 0.0199. The maximum Gasteiger partial charge on any atom is 0.146 e. The highest BCUT2D eigenvalue weighted by atomic mass is 16.3. The molecule has 0 saturated carbocycles. The molecule has 0 aliphatic heterocycles. The van der Waals surface area contributed by atoms with Crippen LogP contribution in [0.25, 0.3) is 82.5 Å². The van der Waals surface area contributed by atoms with Crippen molar-refractivity contribution in [3.05, 3.63) is 151 Å². The van der Waals surface area contributed by atoms with Gasteiger partial charge in [0.15, 0.2) is 0 Å². The number of para-hydroxylation sites is 2. The van der Waals surface area contributed by atoms with Crippen molar-refractivity contribution in [2.24, 2.45) is 0 Å². The number of benzene rings is 7. The maximum absolute atomic E-state index is 6.67. The van der Waals surface area contributed by atoms with Crippen molar-refractivity contribution in [1.82, 2.24) is 4.57 Å². The summed E-state index contributed by atoms with van der Waals surface area (Å²) in [5.41, 5.74) is 13.3. The maximum atomic E-state index is 6.67. The van der Waals surface area contributed by atoms with Gasteiger partial charge in [-0.25, -0.2) is 0 Å². The molecule has 7 aromatic carbocycles. The van der Waals surface area contributed by atoms with Crippen molar-refractivity contribution < 1.29 is 4.42 Å². The molecule has 2 heterocycles. The van der Waals surface area contributed by atoms with Crippen LogP contribution in [-0.4, -0.2) is 4.57 Å². The van der Waals surface area contributed by atoms with Crippen molar-refractivity contribution in [2.75, 3.05) is 0 Å². The largest absolute Gasteiger partial charge is 0.455 e. The molecule has 0 bridgehead atoms. The van der Waals surface area contributed by atoms with Gasteiger partial charge in [0.2, 0.25) is 0 Å². The second-order valence-corrected chi connectivity index (χ2v) is 12.9. The molecular weight excluding hydrogens is 546 g/mol. The van der Waals surface area contributed by atoms with Crippen LogP contribution in [-0.2, 0) is 5.41 Å². The lowest BCUT2D eigenvalue weighted by Gasteiger charge is -2.22. The zero-order chi connectivity index (χ0) is 29.9. The fraction of sp³-hybridized carbons (Fsp3) is 0.0698. The summed E-state index contributed by atoms with van der Waals surface area (Å²) in [7, 11) is 0. The van der Waals surface area contributed by atoms with Gasteiger partial charge in [0, 0.05) is 32.6 Å². The molecule has 9 aromatic rings. The van der Waals surface area contributed by atoms with E-state index in [2.05, 4.69) is 158 Å². The van der Waals surface area contributed by atoms with E-state index in [0.717, 1.165) is 22.2 Å². The van der Waals surface area contributed by atoms with Crippen molar-refractivity contribution in [1.29, 1.82) is 0 Å². The predicted octanol–water partition coefficient (Wildman–Crippen LogP) is 11.8. The quantitative estimate of drug-likeness (QED) is 0.200. The molecule has 10 rings (SSSR count). The lowest BCUT2D eigenvalue weighted by molar-refractivity contribution is 0.660. The molecule has 2 heteroatoms. The third kappa shape index (κ3) is 3.24. The summed E-state index contributed by atoms with van der Waals surface area (Å²) < 4.78 is 9.09. The molecular formula is C43H29NO. The fourth-order valence-electron chi connectivity index (χ4n) is 8.08. The highest BCUT2D eigenvalue weighted by Gasteiger charge is 2.35. The number of rotatable bonds is 2. The predicted molar refractivity (Wildman–Crippen MR) is 189 cm³/mol. The van der Waals surface area contributed by atoms with Gasteiger partial charge in [-0.1, -0.05) is 123 Å². The van der Waals surface area contributed by atoms with Crippen molar-refractivity contribution in [2.45, 2.75) is 19.3 Å². The zero-order valence-corrected chi connectivity index (χ0v) is 25.1. The van der Waals surface area contributed by atoms with E-state index in [1.165, 1.54) is 71.3 Å². The zero-order valence-electron chi connectivity index (χ0n) is 25.1. The summed E-state index contributed by atoms with van der Waals surface area (Å²) in [6, 6.07) is 50.8. The summed E-state index contributed by atoms with van der Waals surface area (Å²) in [5.74, 6) is 0. The van der Waals surface area contributed by atoms with E-state index >= 15 is 0 Å². The molecule has 0 unspecified atom stereocenters. The van der Waals surface area contributed by atoms with Gasteiger partial charge in [0.1, 0.15) is 11.2 Å². The van der Waals surface area contributed by atoms with Crippen LogP contribution in [0.4, 0.5) is 0 Å². The summed E-state index contributed by atoms with van der Waals surface area (Å²) in [6.07, 6.45) is 0. The van der Waals surface area contributed by atoms with Crippen LogP contribution < -0.4 is 0 Å². The first-order valence-electron chi connectivity index (χ1n) is 15.7. The first-order chi connectivity index (χ1) is 22.1. The smallest absolute Gasteiger partial charge is 0.146 e. The number of aromatic nitrogens is 1. The molecule has 0 fully saturated rings. The Morgan fingerprint density at radius 1 is 0.511 bits per heavy atom. The SMILES string of the molecule is CC1(C)c2ccccc2-c2ccc(-c3ccc(-n4c5ccccc5c5c6oc7ccccc7c6c6ccccc6c54)cc3)cc21. The Morgan fingerprint density at radius 3 is 2.00 bits per heavy atom. The van der Waals surface area contributed by atoms with Crippen LogP contribution >= 0.6 is 0 Å². The van der Waals surface area contributed by atoms with Gasteiger partial charge in [0.05, 0.1) is 16.4 Å². The van der Waals surface area contributed by atoms with Gasteiger partial charge in [0.25, 0.3) is 0 Å². The molecule has 2 aromatic heterocycles. The lowest BCUT2D eigenvalue weighted by atomic mass is 9.81. The Balaban J connectivity index is 1.20. The lowest BCUT2D eigenvalue weighted by Crippen LogP contribution is -2.14. The van der Waals surface area contributed by atoms with Crippen LogP contribution in [0.2, 0.25) is 0 Å². The Hall–Kier alpha value is -5.60. The second-order valence-electron chi connectivity index (χ2n) is 12.9. The number of hydrogen-bond donors (Lipinski definition) is 0. The fourth-order valence-corrected chi connectivity index (χ4v) is 8.08. The highest BCUT2D eigenvalue weighted by molar-refractivity contribution is 6.35. The first kappa shape index (κ1) is 24.8. The molecule has 212 valence electrons. The molecule has 0 spiro atoms. The average molecular weight is 576 g/mol. The standard InChI is InChI=1S/C43H29NO/c1-43(2)35-16-8-5-11-29(35)30-24-21-27(25-36(30)43)26-19-22-28(23-20-26)44-37-17-9-6-14-33(37)40-41(44)32-13-4-3-12-31(32)39-34-15-7-10-18-38(34)45-42(39)40/h3-25H,1-2H3. The third-order valence-corrected chi connectivity index (χ3v) is 10.2. The molecule has 0 amide bonds. The van der Waals surface area contributed by atoms with Gasteiger partial charge in [-0.15, -0.1) is 0 Å². The number of fused-ring (bicyclic) bond motifs is 13. The van der Waals surface area contributed by atoms with Crippen molar-refractivity contribution in [3.63, 3.8) is 0 Å². The summed E-state index contributed by atoms with van der Waals surface area (Å²) >= 11 is 0. The van der Waals surface area contributed by atoms with E-state index in [4.69, 9.17) is 4.42 Å². The normalized spacial score (nSPS) is 13.7. The van der Waals surface area contributed by atoms with Gasteiger partial charge in [-0.2, -0.15) is 0 Å². The van der Waals surface area contributed by atoms with Crippen LogP contribution in [0.3, 0.4) is 0 Å². The van der Waals surface area contributed by atoms with Crippen LogP contribution in [0, 0.1) is 0 Å². The Morgan fingerprint density at radius 2 is 1.16 bits per heavy atom. The summed E-state index contributed by atoms with van der Waals surface area (Å²) in [5, 5.41) is 7.16. The monoisotopic (exact) mass is 575 g/mol. The van der Waals surface area contributed by atoms with Crippen LogP contribution in [0.1, 0.15) is 25.0 Å². The van der Waals surface area contributed by atoms with Crippen molar-refractivity contribution >= 4 is 54.5 Å². The van der Waals surface area contributed by atoms with E-state index in [0.29, 0.717) is 0 Å². The molecule has 2 nitrogen and oxygen atoms in total. The van der Waals surface area contributed by atoms with E-state index in [1.54, 1.807) is 0 Å². The molecule has 0 radical (unpaired) electrons. The molecule has 0 atom stereocenters. The topological polar surface area (TPSA) is 18.1 Å². The first-order valence-corrected chi connectivity index (χ1v) is 15.7. The molecule has 1 aliphatic rings. The second kappa shape index (κ2) is 8.74. The van der Waals surface area contributed by atoms with E-state index < -0.39 is 0 Å². The Bertz CT molecular complexity index is 2670. The minimum Gasteiger partial charge on any atom is -0.455 e. The van der Waals surface area contributed by atoms with E-state index in [-0.39, 0.29) is 5.41 Å². The average Bonchev–Trinajstić information content (AvgIpc) is 3.72. The number of furan rings is 1. The van der Waals surface area contributed by atoms with Crippen molar-refractivity contribution in [3.8, 4) is 27.9 Å². The molecule has 0 saturated heterocycles. The Kier molecular flexibility index (Phi) is 4.82. The summed E-state index contributed by atoms with van der Waals surface area (Å²) in [6.45, 7) is 4.69. The summed E-state index contributed by atoms with van der Waals surface area (Å²) in [4.78, 5) is 0.